The SMILES string of the molecule is O=C1CCC/C=C/[C@H]2CCCC[C@@H]2O1. The van der Waals surface area contributed by atoms with E-state index >= 15 is 0 Å². The maximum atomic E-state index is 11.4. The number of allylic oxidation sites excluding steroid dienone is 1. The summed E-state index contributed by atoms with van der Waals surface area (Å²) in [5.74, 6) is 0.497. The minimum Gasteiger partial charge on any atom is -0.462 e. The monoisotopic (exact) mass is 194 g/mol. The average Bonchev–Trinajstić information content (AvgIpc) is 2.27. The van der Waals surface area contributed by atoms with E-state index in [2.05, 4.69) is 12.2 Å². The van der Waals surface area contributed by atoms with E-state index in [0.717, 1.165) is 19.3 Å². The lowest BCUT2D eigenvalue weighted by atomic mass is 9.86. The molecule has 0 unspecified atom stereocenters. The number of hydrogen-bond donors (Lipinski definition) is 0. The highest BCUT2D eigenvalue weighted by molar-refractivity contribution is 5.69. The Hall–Kier alpha value is -0.790. The van der Waals surface area contributed by atoms with Crippen molar-refractivity contribution in [3.05, 3.63) is 12.2 Å². The number of carbonyl (C=O) groups is 1. The molecule has 1 aliphatic carbocycles. The second-order valence-corrected chi connectivity index (χ2v) is 4.30. The number of ether oxygens (including phenoxy) is 1. The molecular formula is C12H18O2. The molecule has 0 radical (unpaired) electrons. The van der Waals surface area contributed by atoms with Crippen LogP contribution in [0.5, 0.6) is 0 Å². The molecule has 1 aliphatic heterocycles. The standard InChI is InChI=1S/C12H18O2/c13-12-9-3-1-2-6-10-7-4-5-8-11(10)14-12/h2,6,10-11H,1,3-5,7-9H2/b6-2+/t10-,11-/m0/s1. The molecule has 2 atom stereocenters. The van der Waals surface area contributed by atoms with Crippen molar-refractivity contribution in [3.8, 4) is 0 Å². The maximum Gasteiger partial charge on any atom is 0.306 e. The average molecular weight is 194 g/mol. The summed E-state index contributed by atoms with van der Waals surface area (Å²) in [6, 6.07) is 0. The highest BCUT2D eigenvalue weighted by Crippen LogP contribution is 2.29. The Labute approximate surface area is 85.3 Å². The van der Waals surface area contributed by atoms with Crippen LogP contribution < -0.4 is 0 Å². The van der Waals surface area contributed by atoms with E-state index in [9.17, 15) is 4.79 Å². The summed E-state index contributed by atoms with van der Waals surface area (Å²) < 4.78 is 5.49. The fourth-order valence-electron chi connectivity index (χ4n) is 2.36. The molecule has 2 rings (SSSR count). The van der Waals surface area contributed by atoms with E-state index in [-0.39, 0.29) is 12.1 Å². The van der Waals surface area contributed by atoms with Crippen molar-refractivity contribution >= 4 is 5.97 Å². The second-order valence-electron chi connectivity index (χ2n) is 4.30. The molecule has 78 valence electrons. The van der Waals surface area contributed by atoms with Gasteiger partial charge in [0.25, 0.3) is 0 Å². The van der Waals surface area contributed by atoms with Gasteiger partial charge in [-0.25, -0.2) is 0 Å². The largest absolute Gasteiger partial charge is 0.462 e. The summed E-state index contributed by atoms with van der Waals surface area (Å²) in [5, 5.41) is 0. The number of esters is 1. The van der Waals surface area contributed by atoms with Gasteiger partial charge in [-0.15, -0.1) is 0 Å². The van der Waals surface area contributed by atoms with Gasteiger partial charge in [0.1, 0.15) is 6.10 Å². The van der Waals surface area contributed by atoms with Crippen LogP contribution in [0.1, 0.15) is 44.9 Å². The smallest absolute Gasteiger partial charge is 0.306 e. The molecule has 0 aromatic heterocycles. The van der Waals surface area contributed by atoms with Gasteiger partial charge in [-0.3, -0.25) is 4.79 Å². The number of hydrogen-bond acceptors (Lipinski definition) is 2. The lowest BCUT2D eigenvalue weighted by Crippen LogP contribution is -2.28. The first-order valence-electron chi connectivity index (χ1n) is 5.72. The number of rotatable bonds is 0. The van der Waals surface area contributed by atoms with Crippen LogP contribution in [0.2, 0.25) is 0 Å². The van der Waals surface area contributed by atoms with Gasteiger partial charge in [0.2, 0.25) is 0 Å². The Bertz CT molecular complexity index is 232. The van der Waals surface area contributed by atoms with Crippen molar-refractivity contribution < 1.29 is 9.53 Å². The summed E-state index contributed by atoms with van der Waals surface area (Å²) in [6.07, 6.45) is 12.0. The van der Waals surface area contributed by atoms with Crippen molar-refractivity contribution in [2.45, 2.75) is 51.0 Å². The van der Waals surface area contributed by atoms with Gasteiger partial charge < -0.3 is 4.74 Å². The van der Waals surface area contributed by atoms with Crippen LogP contribution in [0, 0.1) is 5.92 Å². The molecule has 0 saturated heterocycles. The third-order valence-corrected chi connectivity index (χ3v) is 3.17. The van der Waals surface area contributed by atoms with Gasteiger partial charge in [-0.1, -0.05) is 18.6 Å². The molecule has 0 aromatic rings. The highest BCUT2D eigenvalue weighted by atomic mass is 16.5. The molecule has 1 fully saturated rings. The second kappa shape index (κ2) is 4.63. The topological polar surface area (TPSA) is 26.3 Å². The van der Waals surface area contributed by atoms with E-state index in [1.54, 1.807) is 0 Å². The van der Waals surface area contributed by atoms with Crippen molar-refractivity contribution in [3.63, 3.8) is 0 Å². The molecular weight excluding hydrogens is 176 g/mol. The summed E-state index contributed by atoms with van der Waals surface area (Å²) in [5.41, 5.74) is 0. The first kappa shape index (κ1) is 9.75. The van der Waals surface area contributed by atoms with E-state index in [0.29, 0.717) is 12.3 Å². The minimum absolute atomic E-state index is 0.00519. The Morgan fingerprint density at radius 1 is 1.21 bits per heavy atom. The van der Waals surface area contributed by atoms with Crippen LogP contribution in [0.15, 0.2) is 12.2 Å². The Morgan fingerprint density at radius 3 is 3.00 bits per heavy atom. The molecule has 0 bridgehead atoms. The zero-order chi connectivity index (χ0) is 9.80. The maximum absolute atomic E-state index is 11.4. The number of carbonyl (C=O) groups excluding carboxylic acids is 1. The summed E-state index contributed by atoms with van der Waals surface area (Å²) in [7, 11) is 0. The minimum atomic E-state index is 0.00519. The van der Waals surface area contributed by atoms with E-state index in [1.807, 2.05) is 0 Å². The quantitative estimate of drug-likeness (QED) is 0.438. The van der Waals surface area contributed by atoms with Crippen LogP contribution in [-0.2, 0) is 9.53 Å². The zero-order valence-electron chi connectivity index (χ0n) is 8.58. The van der Waals surface area contributed by atoms with Crippen LogP contribution >= 0.6 is 0 Å². The zero-order valence-corrected chi connectivity index (χ0v) is 8.58. The molecule has 0 amide bonds. The summed E-state index contributed by atoms with van der Waals surface area (Å²) in [6.45, 7) is 0. The molecule has 0 aromatic carbocycles. The predicted octanol–water partition coefficient (Wildman–Crippen LogP) is 2.83. The molecule has 2 heteroatoms. The molecule has 2 aliphatic rings. The van der Waals surface area contributed by atoms with Gasteiger partial charge in [-0.2, -0.15) is 0 Å². The van der Waals surface area contributed by atoms with Gasteiger partial charge in [-0.05, 0) is 32.1 Å². The summed E-state index contributed by atoms with van der Waals surface area (Å²) in [4.78, 5) is 11.4. The Kier molecular flexibility index (Phi) is 3.22. The van der Waals surface area contributed by atoms with Crippen LogP contribution in [0.25, 0.3) is 0 Å². The fourth-order valence-corrected chi connectivity index (χ4v) is 2.36. The van der Waals surface area contributed by atoms with Gasteiger partial charge >= 0.3 is 5.97 Å². The van der Waals surface area contributed by atoms with Crippen LogP contribution in [-0.4, -0.2) is 12.1 Å². The molecule has 1 saturated carbocycles. The van der Waals surface area contributed by atoms with E-state index < -0.39 is 0 Å². The first-order chi connectivity index (χ1) is 6.86. The predicted molar refractivity (Wildman–Crippen MR) is 54.8 cm³/mol. The Morgan fingerprint density at radius 2 is 2.07 bits per heavy atom. The molecule has 1 heterocycles. The van der Waals surface area contributed by atoms with Crippen molar-refractivity contribution in [1.82, 2.24) is 0 Å². The third-order valence-electron chi connectivity index (χ3n) is 3.17. The molecule has 2 nitrogen and oxygen atoms in total. The van der Waals surface area contributed by atoms with Crippen molar-refractivity contribution in [2.24, 2.45) is 5.92 Å². The number of fused-ring (bicyclic) bond motifs is 1. The van der Waals surface area contributed by atoms with Gasteiger partial charge in [0.05, 0.1) is 0 Å². The fraction of sp³-hybridized carbons (Fsp3) is 0.750. The molecule has 0 N–H and O–H groups in total. The van der Waals surface area contributed by atoms with E-state index in [4.69, 9.17) is 4.74 Å². The van der Waals surface area contributed by atoms with Crippen molar-refractivity contribution in [2.75, 3.05) is 0 Å². The first-order valence-corrected chi connectivity index (χ1v) is 5.72. The molecule has 14 heavy (non-hydrogen) atoms. The lowest BCUT2D eigenvalue weighted by molar-refractivity contribution is -0.152. The molecule has 0 spiro atoms. The summed E-state index contributed by atoms with van der Waals surface area (Å²) >= 11 is 0. The highest BCUT2D eigenvalue weighted by Gasteiger charge is 2.26. The van der Waals surface area contributed by atoms with Crippen LogP contribution in [0.3, 0.4) is 0 Å². The van der Waals surface area contributed by atoms with Crippen molar-refractivity contribution in [1.29, 1.82) is 0 Å². The van der Waals surface area contributed by atoms with Gasteiger partial charge in [0, 0.05) is 12.3 Å². The van der Waals surface area contributed by atoms with Gasteiger partial charge in [0.15, 0.2) is 0 Å². The third kappa shape index (κ3) is 2.37. The Balaban J connectivity index is 2.05. The van der Waals surface area contributed by atoms with Crippen LogP contribution in [0.4, 0.5) is 0 Å². The lowest BCUT2D eigenvalue weighted by Gasteiger charge is -2.28. The normalized spacial score (nSPS) is 35.9. The van der Waals surface area contributed by atoms with E-state index in [1.165, 1.54) is 19.3 Å².